The molecule has 145 heavy (non-hydrogen) atoms. The zero-order valence-corrected chi connectivity index (χ0v) is 80.5. The van der Waals surface area contributed by atoms with Gasteiger partial charge in [-0.2, -0.15) is 22.0 Å². The Labute approximate surface area is 823 Å². The summed E-state index contributed by atoms with van der Waals surface area (Å²) in [5, 5.41) is 13.3. The first-order valence-corrected chi connectivity index (χ1v) is 44.9. The van der Waals surface area contributed by atoms with Crippen LogP contribution in [0.25, 0.3) is 0 Å². The second-order valence-electron chi connectivity index (χ2n) is 34.6. The van der Waals surface area contributed by atoms with Crippen LogP contribution in [0.1, 0.15) is 179 Å². The van der Waals surface area contributed by atoms with Crippen LogP contribution in [0.5, 0.6) is 28.7 Å². The van der Waals surface area contributed by atoms with Gasteiger partial charge in [-0.15, -0.1) is 0 Å². The van der Waals surface area contributed by atoms with Gasteiger partial charge in [-0.05, 0) is 155 Å². The summed E-state index contributed by atoms with van der Waals surface area (Å²) in [7, 11) is 6.19. The molecule has 5 fully saturated rings. The maximum absolute atomic E-state index is 14.2. The monoisotopic (exact) mass is 2030 g/mol. The predicted molar refractivity (Wildman–Crippen MR) is 503 cm³/mol. The molecule has 5 aromatic heterocycles. The highest BCUT2D eigenvalue weighted by Crippen LogP contribution is 2.51. The molecule has 10 heterocycles. The molecular formula is C100H105F10N15O20. The fourth-order valence-corrected chi connectivity index (χ4v) is 17.8. The number of aromatic nitrogens is 5. The van der Waals surface area contributed by atoms with E-state index < -0.39 is 177 Å². The van der Waals surface area contributed by atoms with Gasteiger partial charge in [0.05, 0.1) is 66.1 Å². The normalized spacial score (nSPS) is 23.6. The molecule has 20 atom stereocenters. The number of amides is 10. The molecule has 5 saturated heterocycles. The number of pyridine rings is 5. The summed E-state index contributed by atoms with van der Waals surface area (Å²) in [6, 6.07) is 26.2. The number of hydrogen-bond donors (Lipinski definition) is 10. The van der Waals surface area contributed by atoms with Crippen molar-refractivity contribution in [3.63, 3.8) is 0 Å². The summed E-state index contributed by atoms with van der Waals surface area (Å²) in [6.07, 6.45) is 0.222. The van der Waals surface area contributed by atoms with Crippen LogP contribution in [0.2, 0.25) is 0 Å². The van der Waals surface area contributed by atoms with Crippen molar-refractivity contribution < 1.29 is 139 Å². The van der Waals surface area contributed by atoms with E-state index in [1.54, 1.807) is 34.6 Å². The van der Waals surface area contributed by atoms with Crippen molar-refractivity contribution in [2.45, 2.75) is 160 Å². The molecular weight excluding hydrogens is 1920 g/mol. The van der Waals surface area contributed by atoms with Crippen LogP contribution in [0.3, 0.4) is 0 Å². The summed E-state index contributed by atoms with van der Waals surface area (Å²) < 4.78 is 194. The minimum atomic E-state index is -1.11. The molecule has 0 unspecified atom stereocenters. The molecule has 15 rings (SSSR count). The number of ether oxygens (including phenoxy) is 10. The van der Waals surface area contributed by atoms with E-state index in [2.05, 4.69) is 51.5 Å². The maximum atomic E-state index is 14.2. The largest absolute Gasteiger partial charge is 0.493 e. The lowest BCUT2D eigenvalue weighted by Gasteiger charge is -2.23. The molecule has 5 aromatic carbocycles. The van der Waals surface area contributed by atoms with Gasteiger partial charge >= 0.3 is 0 Å². The van der Waals surface area contributed by atoms with Gasteiger partial charge in [-0.3, -0.25) is 72.9 Å². The van der Waals surface area contributed by atoms with Crippen molar-refractivity contribution >= 4 is 87.5 Å². The lowest BCUT2D eigenvalue weighted by molar-refractivity contribution is -0.127. The van der Waals surface area contributed by atoms with Crippen molar-refractivity contribution in [1.29, 1.82) is 0 Å². The third kappa shape index (κ3) is 24.6. The fourth-order valence-electron chi connectivity index (χ4n) is 17.8. The highest BCUT2D eigenvalue weighted by Gasteiger charge is 2.52. The smallest absolute Gasteiger partial charge is 0.267 e. The van der Waals surface area contributed by atoms with E-state index in [4.69, 9.17) is 76.0 Å². The summed E-state index contributed by atoms with van der Waals surface area (Å²) in [5.74, 6) is -22.0. The van der Waals surface area contributed by atoms with E-state index in [-0.39, 0.29) is 117 Å². The quantitative estimate of drug-likeness (QED) is 0.0238. The summed E-state index contributed by atoms with van der Waals surface area (Å²) in [5.41, 5.74) is 29.3. The van der Waals surface area contributed by atoms with Crippen LogP contribution in [0.15, 0.2) is 152 Å². The summed E-state index contributed by atoms with van der Waals surface area (Å²) in [4.78, 5) is 140. The number of nitrogens with one attached hydrogen (secondary N) is 5. The fraction of sp³-hybridized carbons (Fsp3) is 0.350. The number of primary amides is 5. The Kier molecular flexibility index (Phi) is 36.2. The Hall–Kier alpha value is -15.4. The van der Waals surface area contributed by atoms with Crippen LogP contribution < -0.4 is 78.9 Å². The predicted octanol–water partition coefficient (Wildman–Crippen LogP) is 13.1. The van der Waals surface area contributed by atoms with Crippen molar-refractivity contribution in [2.24, 2.45) is 58.3 Å². The average Bonchev–Trinajstić information content (AvgIpc) is 1.66. The van der Waals surface area contributed by atoms with Crippen LogP contribution in [0, 0.1) is 87.8 Å². The first-order valence-electron chi connectivity index (χ1n) is 44.9. The zero-order chi connectivity index (χ0) is 106. The Balaban J connectivity index is 0.000000173. The molecule has 15 N–H and O–H groups in total. The molecule has 770 valence electrons. The Bertz CT molecular complexity index is 5650. The average molecular weight is 2030 g/mol. The van der Waals surface area contributed by atoms with Crippen molar-refractivity contribution in [3.05, 3.63) is 267 Å². The molecule has 45 heteroatoms. The van der Waals surface area contributed by atoms with Gasteiger partial charge < -0.3 is 103 Å². The number of nitrogens with zero attached hydrogens (tertiary/aromatic N) is 5. The molecule has 35 nitrogen and oxygen atoms in total. The number of benzene rings is 5. The number of carbonyl (C=O) groups is 10. The zero-order valence-electron chi connectivity index (χ0n) is 80.5. The number of nitrogens with two attached hydrogens (primary N) is 5. The van der Waals surface area contributed by atoms with E-state index in [1.807, 2.05) is 34.6 Å². The number of halogens is 10. The molecule has 10 aromatic rings. The number of carbonyl (C=O) groups excluding carboxylic acids is 10. The van der Waals surface area contributed by atoms with Gasteiger partial charge in [0.2, 0.25) is 29.1 Å². The molecule has 5 aliphatic heterocycles. The molecule has 0 bridgehead atoms. The maximum Gasteiger partial charge on any atom is 0.267 e. The van der Waals surface area contributed by atoms with Gasteiger partial charge in [-0.1, -0.05) is 65.0 Å². The first-order chi connectivity index (χ1) is 68.7. The van der Waals surface area contributed by atoms with E-state index >= 15 is 0 Å². The Morgan fingerprint density at radius 3 is 0.524 bits per heavy atom. The molecule has 0 aliphatic carbocycles. The molecule has 10 amide bonds. The van der Waals surface area contributed by atoms with Crippen molar-refractivity contribution in [1.82, 2.24) is 24.9 Å². The highest BCUT2D eigenvalue weighted by atomic mass is 19.2. The van der Waals surface area contributed by atoms with Crippen LogP contribution in [0.4, 0.5) is 72.3 Å². The second kappa shape index (κ2) is 47.7. The molecule has 0 spiro atoms. The van der Waals surface area contributed by atoms with Gasteiger partial charge in [0.25, 0.3) is 59.1 Å². The SMILES string of the molecule is COc1c([C@@H]2[C@@H](C)[C@@H](C)O[C@@H]2C(=O)Nc2ccnc(C(N)=O)c2)ccc(F)c1F.COc1c([C@@H]2[C@@H](C)[C@H](C)O[C@@H]2C(=O)Nc2ccnc(C(N)=O)c2)ccc(F)c1F.COc1c([C@@H]2[C@H](C)[C@@H](C)O[C@@H]2C(=O)Nc2ccnc(C(N)=O)c2)ccc(F)c1F.COc1c([C@@H]2[C@H](C)[C@H](C)O[C@H]2C(=O)Nc2ccnc(C(N)=O)c2)ccc(F)c1F.COc1c([C@H]2[C@H](C)[C@H](C)O[C@@H]2C(=O)Nc2ccnc(C(N)=O)c2)ccc(F)c1F. The van der Waals surface area contributed by atoms with Crippen LogP contribution in [-0.2, 0) is 47.7 Å². The number of hydrogen-bond acceptors (Lipinski definition) is 25. The van der Waals surface area contributed by atoms with Crippen molar-refractivity contribution in [3.8, 4) is 28.7 Å². The van der Waals surface area contributed by atoms with E-state index in [0.717, 1.165) is 30.3 Å². The van der Waals surface area contributed by atoms with E-state index in [1.165, 1.54) is 158 Å². The summed E-state index contributed by atoms with van der Waals surface area (Å²) in [6.45, 7) is 18.3. The lowest BCUT2D eigenvalue weighted by Crippen LogP contribution is -2.33. The number of rotatable bonds is 25. The Morgan fingerprint density at radius 2 is 0.393 bits per heavy atom. The first kappa shape index (κ1) is 110. The third-order valence-corrected chi connectivity index (χ3v) is 25.9. The Morgan fingerprint density at radius 1 is 0.248 bits per heavy atom. The standard InChI is InChI=1S/5C20H21F2N3O4/c5*1-9-10(2)29-18(15(9)12-4-5-13(21)16(22)17(12)28-3)20(27)25-11-6-7-24-14(8-11)19(23)26/h5*4-10,15,18H,1-3H3,(H2,23,26)(H,24,25,27)/t9-,10+,15+,18-;9-,10+,15-,18+;9-,10+,15-,18-;9-,10-,15+,18+;9-,10-,15-,18-/m11010/s1. The second-order valence-corrected chi connectivity index (χ2v) is 34.6. The van der Waals surface area contributed by atoms with E-state index in [9.17, 15) is 91.8 Å². The lowest BCUT2D eigenvalue weighted by atomic mass is 9.82. The van der Waals surface area contributed by atoms with Gasteiger partial charge in [-0.25, -0.2) is 22.0 Å². The van der Waals surface area contributed by atoms with Crippen LogP contribution in [-0.4, -0.2) is 181 Å². The van der Waals surface area contributed by atoms with E-state index in [0.29, 0.717) is 56.3 Å². The number of anilines is 5. The number of methoxy groups -OCH3 is 5. The minimum Gasteiger partial charge on any atom is -0.493 e. The van der Waals surface area contributed by atoms with Gasteiger partial charge in [0.15, 0.2) is 57.8 Å². The topological polar surface area (TPSA) is 518 Å². The molecule has 0 saturated carbocycles. The van der Waals surface area contributed by atoms with Crippen molar-refractivity contribution in [2.75, 3.05) is 62.1 Å². The summed E-state index contributed by atoms with van der Waals surface area (Å²) >= 11 is 0. The molecule has 5 aliphatic rings. The minimum absolute atomic E-state index is 0.00398. The van der Waals surface area contributed by atoms with Crippen LogP contribution >= 0.6 is 0 Å². The van der Waals surface area contributed by atoms with Gasteiger partial charge in [0.1, 0.15) is 59.0 Å². The third-order valence-electron chi connectivity index (χ3n) is 25.9. The highest BCUT2D eigenvalue weighted by molar-refractivity contribution is 6.02. The molecule has 0 radical (unpaired) electrons. The van der Waals surface area contributed by atoms with Gasteiger partial charge in [0, 0.05) is 117 Å².